The van der Waals surface area contributed by atoms with Gasteiger partial charge in [-0.25, -0.2) is 0 Å². The summed E-state index contributed by atoms with van der Waals surface area (Å²) in [5.74, 6) is -2.78. The van der Waals surface area contributed by atoms with Gasteiger partial charge in [0.25, 0.3) is 0 Å². The Kier molecular flexibility index (Phi) is 8.97. The molecule has 0 aromatic heterocycles. The standard InChI is InChI=1S/C28H30N2O4/c1-3-34-28(32)26(27(31)29-20(2)21-13-7-4-8-14-21)24(22-15-9-5-10-16-22)19-25(30-33)23-17-11-6-12-18-23/h4-18,20,24,26,33H,3,19H2,1-2H3,(H,29,31)/b30-25-. The lowest BCUT2D eigenvalue weighted by molar-refractivity contribution is -0.153. The lowest BCUT2D eigenvalue weighted by atomic mass is 9.80. The third kappa shape index (κ3) is 6.32. The Balaban J connectivity index is 1.98. The summed E-state index contributed by atoms with van der Waals surface area (Å²) in [6, 6.07) is 27.8. The van der Waals surface area contributed by atoms with Crippen molar-refractivity contribution in [2.75, 3.05) is 6.61 Å². The number of esters is 1. The van der Waals surface area contributed by atoms with E-state index in [1.807, 2.05) is 97.9 Å². The van der Waals surface area contributed by atoms with E-state index in [0.717, 1.165) is 11.1 Å². The second-order valence-corrected chi connectivity index (χ2v) is 8.00. The quantitative estimate of drug-likeness (QED) is 0.146. The molecule has 0 aliphatic carbocycles. The fraction of sp³-hybridized carbons (Fsp3) is 0.250. The van der Waals surface area contributed by atoms with Crippen molar-refractivity contribution >= 4 is 17.6 Å². The third-order valence-corrected chi connectivity index (χ3v) is 5.75. The summed E-state index contributed by atoms with van der Waals surface area (Å²) < 4.78 is 5.33. The van der Waals surface area contributed by atoms with Gasteiger partial charge in [-0.05, 0) is 30.5 Å². The summed E-state index contributed by atoms with van der Waals surface area (Å²) in [6.07, 6.45) is 0.168. The number of amides is 1. The molecular formula is C28H30N2O4. The highest BCUT2D eigenvalue weighted by Gasteiger charge is 2.38. The highest BCUT2D eigenvalue weighted by molar-refractivity contribution is 6.03. The van der Waals surface area contributed by atoms with E-state index in [1.165, 1.54) is 0 Å². The molecule has 0 saturated heterocycles. The minimum Gasteiger partial charge on any atom is -0.465 e. The topological polar surface area (TPSA) is 88.0 Å². The molecule has 0 spiro atoms. The Labute approximate surface area is 200 Å². The maximum absolute atomic E-state index is 13.6. The first kappa shape index (κ1) is 24.7. The fourth-order valence-electron chi connectivity index (χ4n) is 4.00. The Bertz CT molecular complexity index is 1090. The van der Waals surface area contributed by atoms with Gasteiger partial charge in [-0.15, -0.1) is 0 Å². The van der Waals surface area contributed by atoms with Crippen molar-refractivity contribution in [3.8, 4) is 0 Å². The van der Waals surface area contributed by atoms with Gasteiger partial charge in [-0.3, -0.25) is 9.59 Å². The monoisotopic (exact) mass is 458 g/mol. The lowest BCUT2D eigenvalue weighted by Gasteiger charge is -2.27. The molecule has 3 atom stereocenters. The Morgan fingerprint density at radius 3 is 1.94 bits per heavy atom. The number of nitrogens with zero attached hydrogens (tertiary/aromatic N) is 1. The molecule has 0 radical (unpaired) electrons. The second-order valence-electron chi connectivity index (χ2n) is 8.00. The molecule has 0 aliphatic heterocycles. The van der Waals surface area contributed by atoms with E-state index in [2.05, 4.69) is 10.5 Å². The molecule has 176 valence electrons. The number of carbonyl (C=O) groups is 2. The van der Waals surface area contributed by atoms with Crippen LogP contribution in [0.4, 0.5) is 0 Å². The van der Waals surface area contributed by atoms with Gasteiger partial charge in [-0.1, -0.05) is 96.2 Å². The van der Waals surface area contributed by atoms with Gasteiger partial charge < -0.3 is 15.3 Å². The molecule has 34 heavy (non-hydrogen) atoms. The molecule has 3 aromatic rings. The van der Waals surface area contributed by atoms with Crippen molar-refractivity contribution in [2.24, 2.45) is 11.1 Å². The van der Waals surface area contributed by atoms with Crippen LogP contribution >= 0.6 is 0 Å². The van der Waals surface area contributed by atoms with Crippen molar-refractivity contribution in [3.05, 3.63) is 108 Å². The van der Waals surface area contributed by atoms with E-state index >= 15 is 0 Å². The van der Waals surface area contributed by atoms with Crippen LogP contribution in [0.5, 0.6) is 0 Å². The van der Waals surface area contributed by atoms with Crippen molar-refractivity contribution in [2.45, 2.75) is 32.2 Å². The SMILES string of the molecule is CCOC(=O)C(C(=O)NC(C)c1ccccc1)C(C/C(=N/O)c1ccccc1)c1ccccc1. The Hall–Kier alpha value is -3.93. The first-order chi connectivity index (χ1) is 16.5. The molecule has 0 fully saturated rings. The number of nitrogens with one attached hydrogen (secondary N) is 1. The molecule has 0 saturated carbocycles. The highest BCUT2D eigenvalue weighted by atomic mass is 16.5. The highest BCUT2D eigenvalue weighted by Crippen LogP contribution is 2.32. The average molecular weight is 459 g/mol. The van der Waals surface area contributed by atoms with Gasteiger partial charge in [0.2, 0.25) is 5.91 Å². The summed E-state index contributed by atoms with van der Waals surface area (Å²) in [5, 5.41) is 16.3. The Morgan fingerprint density at radius 2 is 1.41 bits per heavy atom. The molecule has 3 rings (SSSR count). The average Bonchev–Trinajstić information content (AvgIpc) is 2.88. The van der Waals surface area contributed by atoms with Gasteiger partial charge in [0.05, 0.1) is 18.4 Å². The fourth-order valence-corrected chi connectivity index (χ4v) is 4.00. The third-order valence-electron chi connectivity index (χ3n) is 5.75. The maximum atomic E-state index is 13.6. The van der Waals surface area contributed by atoms with Crippen molar-refractivity contribution in [1.82, 2.24) is 5.32 Å². The summed E-state index contributed by atoms with van der Waals surface area (Å²) in [6.45, 7) is 3.73. The summed E-state index contributed by atoms with van der Waals surface area (Å²) in [4.78, 5) is 26.7. The van der Waals surface area contributed by atoms with E-state index < -0.39 is 23.7 Å². The van der Waals surface area contributed by atoms with Crippen LogP contribution in [0.15, 0.2) is 96.2 Å². The van der Waals surface area contributed by atoms with E-state index in [4.69, 9.17) is 4.74 Å². The van der Waals surface area contributed by atoms with Crippen molar-refractivity contribution in [3.63, 3.8) is 0 Å². The van der Waals surface area contributed by atoms with E-state index in [9.17, 15) is 14.8 Å². The minimum atomic E-state index is -1.13. The van der Waals surface area contributed by atoms with Crippen LogP contribution in [0.1, 0.15) is 48.9 Å². The zero-order chi connectivity index (χ0) is 24.3. The lowest BCUT2D eigenvalue weighted by Crippen LogP contribution is -2.41. The number of rotatable bonds is 10. The number of oxime groups is 1. The molecular weight excluding hydrogens is 428 g/mol. The van der Waals surface area contributed by atoms with E-state index in [0.29, 0.717) is 11.3 Å². The van der Waals surface area contributed by atoms with E-state index in [-0.39, 0.29) is 19.1 Å². The summed E-state index contributed by atoms with van der Waals surface area (Å²) in [7, 11) is 0. The van der Waals surface area contributed by atoms with Crippen LogP contribution in [-0.4, -0.2) is 29.4 Å². The van der Waals surface area contributed by atoms with Crippen LogP contribution in [-0.2, 0) is 14.3 Å². The van der Waals surface area contributed by atoms with Gasteiger partial charge in [0.1, 0.15) is 5.92 Å². The molecule has 6 heteroatoms. The smallest absolute Gasteiger partial charge is 0.319 e. The van der Waals surface area contributed by atoms with Gasteiger partial charge in [-0.2, -0.15) is 0 Å². The maximum Gasteiger partial charge on any atom is 0.319 e. The largest absolute Gasteiger partial charge is 0.465 e. The Morgan fingerprint density at radius 1 is 0.882 bits per heavy atom. The number of ether oxygens (including phenoxy) is 1. The molecule has 3 unspecified atom stereocenters. The minimum absolute atomic E-state index is 0.151. The molecule has 6 nitrogen and oxygen atoms in total. The molecule has 0 heterocycles. The first-order valence-electron chi connectivity index (χ1n) is 11.4. The van der Waals surface area contributed by atoms with Crippen LogP contribution in [0, 0.1) is 5.92 Å². The predicted octanol–water partition coefficient (Wildman–Crippen LogP) is 5.10. The molecule has 3 aromatic carbocycles. The number of hydrogen-bond acceptors (Lipinski definition) is 5. The first-order valence-corrected chi connectivity index (χ1v) is 11.4. The van der Waals surface area contributed by atoms with Crippen LogP contribution < -0.4 is 5.32 Å². The van der Waals surface area contributed by atoms with Crippen LogP contribution in [0.3, 0.4) is 0 Å². The molecule has 0 aliphatic rings. The van der Waals surface area contributed by atoms with Crippen molar-refractivity contribution < 1.29 is 19.5 Å². The number of benzene rings is 3. The second kappa shape index (κ2) is 12.3. The van der Waals surface area contributed by atoms with E-state index in [1.54, 1.807) is 6.92 Å². The van der Waals surface area contributed by atoms with Crippen LogP contribution in [0.25, 0.3) is 0 Å². The normalized spacial score (nSPS) is 14.0. The predicted molar refractivity (Wildman–Crippen MR) is 132 cm³/mol. The zero-order valence-electron chi connectivity index (χ0n) is 19.4. The number of carbonyl (C=O) groups excluding carboxylic acids is 2. The number of hydrogen-bond donors (Lipinski definition) is 2. The van der Waals surface area contributed by atoms with Gasteiger partial charge in [0.15, 0.2) is 0 Å². The van der Waals surface area contributed by atoms with Crippen LogP contribution in [0.2, 0.25) is 0 Å². The molecule has 1 amide bonds. The van der Waals surface area contributed by atoms with Gasteiger partial charge in [0, 0.05) is 12.3 Å². The molecule has 2 N–H and O–H groups in total. The molecule has 0 bridgehead atoms. The summed E-state index contributed by atoms with van der Waals surface area (Å²) >= 11 is 0. The van der Waals surface area contributed by atoms with Gasteiger partial charge >= 0.3 is 5.97 Å². The zero-order valence-corrected chi connectivity index (χ0v) is 19.4. The van der Waals surface area contributed by atoms with Crippen molar-refractivity contribution in [1.29, 1.82) is 0 Å². The summed E-state index contributed by atoms with van der Waals surface area (Å²) in [5.41, 5.74) is 2.80.